The summed E-state index contributed by atoms with van der Waals surface area (Å²) in [5.41, 5.74) is 3.86. The fraction of sp³-hybridized carbons (Fsp3) is 0.458. The number of nitrogens with zero attached hydrogens (tertiary/aromatic N) is 5. The van der Waals surface area contributed by atoms with Crippen LogP contribution in [0.15, 0.2) is 24.5 Å². The first kappa shape index (κ1) is 20.1. The Morgan fingerprint density at radius 1 is 1.19 bits per heavy atom. The number of piperidine rings is 1. The van der Waals surface area contributed by atoms with E-state index in [-0.39, 0.29) is 5.82 Å². The number of nitrogens with one attached hydrogen (secondary N) is 1. The highest BCUT2D eigenvalue weighted by Gasteiger charge is 2.24. The van der Waals surface area contributed by atoms with Crippen LogP contribution in [0.5, 0.6) is 0 Å². The van der Waals surface area contributed by atoms with Crippen molar-refractivity contribution >= 4 is 22.1 Å². The molecular formula is C24H29FN6. The SMILES string of the molecule is Cc1nc2c(F)cc(-c3c[nH]c4nc(CC(C)C)ncc34)cc2n1C1CCN(C)CC1. The van der Waals surface area contributed by atoms with E-state index < -0.39 is 0 Å². The lowest BCUT2D eigenvalue weighted by molar-refractivity contribution is 0.222. The van der Waals surface area contributed by atoms with Crippen molar-refractivity contribution in [3.05, 3.63) is 42.0 Å². The number of halogens is 1. The van der Waals surface area contributed by atoms with Crippen molar-refractivity contribution in [2.24, 2.45) is 5.92 Å². The van der Waals surface area contributed by atoms with Crippen LogP contribution in [0.1, 0.15) is 44.4 Å². The summed E-state index contributed by atoms with van der Waals surface area (Å²) in [6, 6.07) is 4.00. The second-order valence-electron chi connectivity index (χ2n) is 9.24. The van der Waals surface area contributed by atoms with Crippen molar-refractivity contribution in [1.29, 1.82) is 0 Å². The van der Waals surface area contributed by atoms with E-state index in [1.54, 1.807) is 6.07 Å². The summed E-state index contributed by atoms with van der Waals surface area (Å²) >= 11 is 0. The molecule has 0 spiro atoms. The topological polar surface area (TPSA) is 62.6 Å². The summed E-state index contributed by atoms with van der Waals surface area (Å²) in [5, 5.41) is 0.910. The van der Waals surface area contributed by atoms with Gasteiger partial charge in [0.05, 0.1) is 5.52 Å². The molecule has 0 amide bonds. The highest BCUT2D eigenvalue weighted by Crippen LogP contribution is 2.34. The van der Waals surface area contributed by atoms with Gasteiger partial charge in [0.1, 0.15) is 22.8 Å². The van der Waals surface area contributed by atoms with E-state index in [0.29, 0.717) is 17.5 Å². The third-order valence-corrected chi connectivity index (χ3v) is 6.36. The van der Waals surface area contributed by atoms with Crippen LogP contribution in [0, 0.1) is 18.7 Å². The standard InChI is InChI=1S/C24H29FN6/c1-14(2)9-22-26-13-19-18(12-27-24(19)29-22)16-10-20(25)23-21(11-16)31(15(3)28-23)17-5-7-30(4)8-6-17/h10-14,17H,5-9H2,1-4H3,(H,26,27,29). The number of fused-ring (bicyclic) bond motifs is 2. The van der Waals surface area contributed by atoms with Gasteiger partial charge in [0, 0.05) is 35.8 Å². The third-order valence-electron chi connectivity index (χ3n) is 6.36. The molecule has 0 atom stereocenters. The average Bonchev–Trinajstić information content (AvgIpc) is 3.29. The molecular weight excluding hydrogens is 391 g/mol. The maximum absolute atomic E-state index is 15.1. The number of benzene rings is 1. The van der Waals surface area contributed by atoms with Crippen LogP contribution in [-0.4, -0.2) is 49.5 Å². The zero-order chi connectivity index (χ0) is 21.7. The molecule has 1 fully saturated rings. The first-order valence-electron chi connectivity index (χ1n) is 11.1. The van der Waals surface area contributed by atoms with Gasteiger partial charge in [0.15, 0.2) is 5.82 Å². The Hall–Kier alpha value is -2.80. The van der Waals surface area contributed by atoms with E-state index in [4.69, 9.17) is 0 Å². The summed E-state index contributed by atoms with van der Waals surface area (Å²) in [7, 11) is 2.15. The van der Waals surface area contributed by atoms with Gasteiger partial charge in [-0.3, -0.25) is 0 Å². The number of H-pyrrole nitrogens is 1. The van der Waals surface area contributed by atoms with Crippen molar-refractivity contribution < 1.29 is 4.39 Å². The molecule has 7 heteroatoms. The van der Waals surface area contributed by atoms with Crippen LogP contribution in [0.2, 0.25) is 0 Å². The zero-order valence-corrected chi connectivity index (χ0v) is 18.6. The van der Waals surface area contributed by atoms with E-state index >= 15 is 4.39 Å². The maximum Gasteiger partial charge on any atom is 0.151 e. The van der Waals surface area contributed by atoms with Gasteiger partial charge < -0.3 is 14.5 Å². The summed E-state index contributed by atoms with van der Waals surface area (Å²) < 4.78 is 17.4. The minimum Gasteiger partial charge on any atom is -0.345 e. The molecule has 1 aromatic carbocycles. The molecule has 0 bridgehead atoms. The molecule has 0 unspecified atom stereocenters. The highest BCUT2D eigenvalue weighted by molar-refractivity contribution is 5.95. The minimum atomic E-state index is -0.283. The maximum atomic E-state index is 15.1. The molecule has 1 saturated heterocycles. The van der Waals surface area contributed by atoms with Gasteiger partial charge in [-0.25, -0.2) is 19.3 Å². The van der Waals surface area contributed by atoms with Gasteiger partial charge >= 0.3 is 0 Å². The smallest absolute Gasteiger partial charge is 0.151 e. The van der Waals surface area contributed by atoms with E-state index in [0.717, 1.165) is 71.7 Å². The molecule has 4 heterocycles. The lowest BCUT2D eigenvalue weighted by Gasteiger charge is -2.30. The number of imidazole rings is 1. The lowest BCUT2D eigenvalue weighted by atomic mass is 10.0. The van der Waals surface area contributed by atoms with Gasteiger partial charge in [-0.05, 0) is 63.5 Å². The lowest BCUT2D eigenvalue weighted by Crippen LogP contribution is -2.31. The number of aryl methyl sites for hydroxylation is 1. The normalized spacial score (nSPS) is 16.2. The average molecular weight is 421 g/mol. The van der Waals surface area contributed by atoms with Crippen LogP contribution >= 0.6 is 0 Å². The predicted molar refractivity (Wildman–Crippen MR) is 122 cm³/mol. The third kappa shape index (κ3) is 3.61. The van der Waals surface area contributed by atoms with Crippen LogP contribution in [0.3, 0.4) is 0 Å². The van der Waals surface area contributed by atoms with Crippen molar-refractivity contribution in [1.82, 2.24) is 29.4 Å². The highest BCUT2D eigenvalue weighted by atomic mass is 19.1. The second-order valence-corrected chi connectivity index (χ2v) is 9.24. The van der Waals surface area contributed by atoms with E-state index in [1.165, 1.54) is 0 Å². The number of rotatable bonds is 4. The van der Waals surface area contributed by atoms with Gasteiger partial charge in [-0.2, -0.15) is 0 Å². The second kappa shape index (κ2) is 7.71. The van der Waals surface area contributed by atoms with Crippen molar-refractivity contribution in [3.8, 4) is 11.1 Å². The van der Waals surface area contributed by atoms with Crippen LogP contribution < -0.4 is 0 Å². The monoisotopic (exact) mass is 420 g/mol. The van der Waals surface area contributed by atoms with Crippen molar-refractivity contribution in [3.63, 3.8) is 0 Å². The molecule has 6 nitrogen and oxygen atoms in total. The van der Waals surface area contributed by atoms with Crippen LogP contribution in [0.4, 0.5) is 4.39 Å². The molecule has 0 radical (unpaired) electrons. The number of aromatic nitrogens is 5. The Labute approximate surface area is 181 Å². The molecule has 3 aromatic heterocycles. The van der Waals surface area contributed by atoms with Gasteiger partial charge in [-0.15, -0.1) is 0 Å². The molecule has 31 heavy (non-hydrogen) atoms. The van der Waals surface area contributed by atoms with E-state index in [9.17, 15) is 0 Å². The molecule has 4 aromatic rings. The Morgan fingerprint density at radius 3 is 2.71 bits per heavy atom. The summed E-state index contributed by atoms with van der Waals surface area (Å²) in [5.74, 6) is 1.91. The zero-order valence-electron chi connectivity index (χ0n) is 18.6. The predicted octanol–water partition coefficient (Wildman–Crippen LogP) is 4.89. The number of likely N-dealkylation sites (tertiary alicyclic amines) is 1. The van der Waals surface area contributed by atoms with Gasteiger partial charge in [0.25, 0.3) is 0 Å². The Balaban J connectivity index is 1.60. The Morgan fingerprint density at radius 2 is 1.97 bits per heavy atom. The van der Waals surface area contributed by atoms with Gasteiger partial charge in [0.2, 0.25) is 0 Å². The fourth-order valence-electron chi connectivity index (χ4n) is 4.78. The van der Waals surface area contributed by atoms with Crippen LogP contribution in [0.25, 0.3) is 33.2 Å². The fourth-order valence-corrected chi connectivity index (χ4v) is 4.78. The Bertz CT molecular complexity index is 1250. The molecule has 0 aliphatic carbocycles. The quantitative estimate of drug-likeness (QED) is 0.511. The van der Waals surface area contributed by atoms with Gasteiger partial charge in [-0.1, -0.05) is 13.8 Å². The Kier molecular flexibility index (Phi) is 5.01. The molecule has 5 rings (SSSR count). The molecule has 1 N–H and O–H groups in total. The number of aromatic amines is 1. The first-order valence-corrected chi connectivity index (χ1v) is 11.1. The van der Waals surface area contributed by atoms with Crippen molar-refractivity contribution in [2.75, 3.05) is 20.1 Å². The summed E-state index contributed by atoms with van der Waals surface area (Å²) in [6.45, 7) is 8.38. The number of hydrogen-bond acceptors (Lipinski definition) is 4. The summed E-state index contributed by atoms with van der Waals surface area (Å²) in [6.07, 6.45) is 6.69. The molecule has 0 saturated carbocycles. The molecule has 1 aliphatic heterocycles. The summed E-state index contributed by atoms with van der Waals surface area (Å²) in [4.78, 5) is 19.4. The van der Waals surface area contributed by atoms with E-state index in [2.05, 4.69) is 56.4 Å². The van der Waals surface area contributed by atoms with Crippen molar-refractivity contribution in [2.45, 2.75) is 46.1 Å². The number of hydrogen-bond donors (Lipinski definition) is 1. The van der Waals surface area contributed by atoms with Crippen LogP contribution in [-0.2, 0) is 6.42 Å². The molecule has 1 aliphatic rings. The molecule has 162 valence electrons. The first-order chi connectivity index (χ1) is 14.9. The minimum absolute atomic E-state index is 0.283. The van der Waals surface area contributed by atoms with E-state index in [1.807, 2.05) is 19.3 Å². The largest absolute Gasteiger partial charge is 0.345 e.